The third-order valence-electron chi connectivity index (χ3n) is 7.47. The van der Waals surface area contributed by atoms with Gasteiger partial charge in [-0.15, -0.1) is 0 Å². The second-order valence-electron chi connectivity index (χ2n) is 10.4. The minimum absolute atomic E-state index is 0.0801. The van der Waals surface area contributed by atoms with Gasteiger partial charge >= 0.3 is 0 Å². The van der Waals surface area contributed by atoms with Crippen LogP contribution in [0.15, 0.2) is 42.6 Å². The molecule has 1 aromatic carbocycles. The van der Waals surface area contributed by atoms with Crippen LogP contribution in [0.4, 0.5) is 5.69 Å². The first-order chi connectivity index (χ1) is 18.6. The van der Waals surface area contributed by atoms with E-state index in [1.807, 2.05) is 80.0 Å². The van der Waals surface area contributed by atoms with Crippen LogP contribution in [0.2, 0.25) is 0 Å². The van der Waals surface area contributed by atoms with E-state index in [0.717, 1.165) is 45.8 Å². The molecule has 0 radical (unpaired) electrons. The molecule has 1 fully saturated rings. The quantitative estimate of drug-likeness (QED) is 0.390. The number of aryl methyl sites for hydroxylation is 3. The van der Waals surface area contributed by atoms with E-state index in [4.69, 9.17) is 9.97 Å². The zero-order chi connectivity index (χ0) is 27.8. The fourth-order valence-electron chi connectivity index (χ4n) is 5.03. The average Bonchev–Trinajstić information content (AvgIpc) is 3.24. The van der Waals surface area contributed by atoms with E-state index in [9.17, 15) is 9.59 Å². The van der Waals surface area contributed by atoms with E-state index in [1.54, 1.807) is 11.8 Å². The minimum atomic E-state index is -0.0801. The van der Waals surface area contributed by atoms with Crippen molar-refractivity contribution >= 4 is 28.4 Å². The summed E-state index contributed by atoms with van der Waals surface area (Å²) in [6.45, 7) is 9.47. The number of imidazole rings is 1. The molecule has 202 valence electrons. The Morgan fingerprint density at radius 2 is 1.85 bits per heavy atom. The van der Waals surface area contributed by atoms with Crippen molar-refractivity contribution in [2.24, 2.45) is 7.05 Å². The number of pyridine rings is 2. The van der Waals surface area contributed by atoms with E-state index in [-0.39, 0.29) is 17.9 Å². The summed E-state index contributed by atoms with van der Waals surface area (Å²) in [4.78, 5) is 43.0. The third-order valence-corrected chi connectivity index (χ3v) is 7.47. The molecule has 0 aliphatic carbocycles. The van der Waals surface area contributed by atoms with Gasteiger partial charge in [-0.1, -0.05) is 18.6 Å². The second kappa shape index (κ2) is 10.5. The van der Waals surface area contributed by atoms with Gasteiger partial charge in [0.25, 0.3) is 5.91 Å². The fourth-order valence-corrected chi connectivity index (χ4v) is 5.03. The number of amides is 2. The molecule has 3 aromatic heterocycles. The monoisotopic (exact) mass is 525 g/mol. The van der Waals surface area contributed by atoms with Crippen molar-refractivity contribution in [3.8, 4) is 11.4 Å². The van der Waals surface area contributed by atoms with Crippen molar-refractivity contribution < 1.29 is 9.59 Å². The number of aromatic nitrogens is 4. The third kappa shape index (κ3) is 5.21. The molecule has 1 N–H and O–H groups in total. The van der Waals surface area contributed by atoms with Crippen LogP contribution in [0.1, 0.15) is 47.0 Å². The summed E-state index contributed by atoms with van der Waals surface area (Å²) in [5.74, 6) is 1.01. The fraction of sp³-hybridized carbons (Fsp3) is 0.367. The molecule has 2 amide bonds. The molecular weight excluding hydrogens is 490 g/mol. The molecule has 9 heteroatoms. The molecule has 1 aliphatic rings. The molecule has 39 heavy (non-hydrogen) atoms. The molecule has 9 nitrogen and oxygen atoms in total. The number of carbonyl (C=O) groups is 2. The standard InChI is InChI=1S/C30H35N7O2/c1-7-29-31-14-22(36(29)6)17-35(5)30(39)24-13-28(34-26-9-8-18(2)12-23(24)26)27-11-10-25(19(3)32-27)33-21-15-37(16-21)20(4)38/h8-14,21,33H,7,15-17H2,1-6H3. The number of rotatable bonds is 7. The van der Waals surface area contributed by atoms with Crippen molar-refractivity contribution in [1.29, 1.82) is 0 Å². The lowest BCUT2D eigenvalue weighted by atomic mass is 10.0. The molecule has 0 bridgehead atoms. The van der Waals surface area contributed by atoms with Crippen molar-refractivity contribution in [2.45, 2.75) is 46.7 Å². The summed E-state index contributed by atoms with van der Waals surface area (Å²) in [5.41, 5.74) is 6.53. The molecule has 0 saturated carbocycles. The molecule has 4 heterocycles. The molecule has 0 unspecified atom stereocenters. The van der Waals surface area contributed by atoms with Gasteiger partial charge in [0.15, 0.2) is 0 Å². The number of hydrogen-bond acceptors (Lipinski definition) is 6. The largest absolute Gasteiger partial charge is 0.377 e. The van der Waals surface area contributed by atoms with Gasteiger partial charge in [0, 0.05) is 45.9 Å². The highest BCUT2D eigenvalue weighted by molar-refractivity contribution is 6.07. The highest BCUT2D eigenvalue weighted by Crippen LogP contribution is 2.28. The molecule has 0 spiro atoms. The summed E-state index contributed by atoms with van der Waals surface area (Å²) >= 11 is 0. The van der Waals surface area contributed by atoms with E-state index in [0.29, 0.717) is 36.6 Å². The minimum Gasteiger partial charge on any atom is -0.377 e. The molecule has 1 aliphatic heterocycles. The Morgan fingerprint density at radius 1 is 1.08 bits per heavy atom. The highest BCUT2D eigenvalue weighted by Gasteiger charge is 2.28. The lowest BCUT2D eigenvalue weighted by molar-refractivity contribution is -0.132. The predicted molar refractivity (Wildman–Crippen MR) is 152 cm³/mol. The van der Waals surface area contributed by atoms with Gasteiger partial charge < -0.3 is 19.7 Å². The topological polar surface area (TPSA) is 96.2 Å². The Bertz CT molecular complexity index is 1570. The summed E-state index contributed by atoms with van der Waals surface area (Å²) < 4.78 is 2.05. The lowest BCUT2D eigenvalue weighted by Crippen LogP contribution is -2.56. The average molecular weight is 526 g/mol. The number of carbonyl (C=O) groups excluding carboxylic acids is 2. The Kier molecular flexibility index (Phi) is 7.08. The van der Waals surface area contributed by atoms with Gasteiger partial charge in [-0.2, -0.15) is 0 Å². The first-order valence-electron chi connectivity index (χ1n) is 13.3. The van der Waals surface area contributed by atoms with Crippen molar-refractivity contribution in [3.63, 3.8) is 0 Å². The van der Waals surface area contributed by atoms with Crippen LogP contribution in [0, 0.1) is 13.8 Å². The predicted octanol–water partition coefficient (Wildman–Crippen LogP) is 4.12. The van der Waals surface area contributed by atoms with Crippen LogP contribution in [0.3, 0.4) is 0 Å². The van der Waals surface area contributed by atoms with Gasteiger partial charge in [0.2, 0.25) is 5.91 Å². The zero-order valence-corrected chi connectivity index (χ0v) is 23.4. The molecule has 1 saturated heterocycles. The number of benzene rings is 1. The Hall–Kier alpha value is -4.27. The van der Waals surface area contributed by atoms with Crippen LogP contribution >= 0.6 is 0 Å². The van der Waals surface area contributed by atoms with Gasteiger partial charge in [0.1, 0.15) is 5.82 Å². The Labute approximate surface area is 228 Å². The van der Waals surface area contributed by atoms with Crippen LogP contribution in [-0.2, 0) is 24.8 Å². The maximum Gasteiger partial charge on any atom is 0.254 e. The summed E-state index contributed by atoms with van der Waals surface area (Å²) in [7, 11) is 3.80. The van der Waals surface area contributed by atoms with Crippen LogP contribution < -0.4 is 5.32 Å². The molecule has 0 atom stereocenters. The first kappa shape index (κ1) is 26.3. The van der Waals surface area contributed by atoms with Crippen LogP contribution in [0.25, 0.3) is 22.3 Å². The van der Waals surface area contributed by atoms with Gasteiger partial charge in [-0.05, 0) is 44.2 Å². The van der Waals surface area contributed by atoms with Gasteiger partial charge in [-0.3, -0.25) is 9.59 Å². The SMILES string of the molecule is CCc1ncc(CN(C)C(=O)c2cc(-c3ccc(NC4CN(C(C)=O)C4)c(C)n3)nc3ccc(C)cc23)n1C. The zero-order valence-electron chi connectivity index (χ0n) is 23.4. The van der Waals surface area contributed by atoms with Gasteiger partial charge in [0.05, 0.1) is 58.3 Å². The first-order valence-corrected chi connectivity index (χ1v) is 13.3. The molecule has 4 aromatic rings. The van der Waals surface area contributed by atoms with E-state index in [1.165, 1.54) is 0 Å². The summed E-state index contributed by atoms with van der Waals surface area (Å²) in [6.07, 6.45) is 2.68. The second-order valence-corrected chi connectivity index (χ2v) is 10.4. The number of nitrogens with one attached hydrogen (secondary N) is 1. The Morgan fingerprint density at radius 3 is 2.51 bits per heavy atom. The summed E-state index contributed by atoms with van der Waals surface area (Å²) in [5, 5.41) is 4.30. The summed E-state index contributed by atoms with van der Waals surface area (Å²) in [6, 6.07) is 12.0. The maximum atomic E-state index is 13.8. The van der Waals surface area contributed by atoms with E-state index >= 15 is 0 Å². The van der Waals surface area contributed by atoms with E-state index in [2.05, 4.69) is 17.2 Å². The number of fused-ring (bicyclic) bond motifs is 1. The van der Waals surface area contributed by atoms with Crippen molar-refractivity contribution in [2.75, 3.05) is 25.5 Å². The van der Waals surface area contributed by atoms with Crippen molar-refractivity contribution in [3.05, 3.63) is 70.9 Å². The molecular formula is C30H35N7O2. The smallest absolute Gasteiger partial charge is 0.254 e. The maximum absolute atomic E-state index is 13.8. The lowest BCUT2D eigenvalue weighted by Gasteiger charge is -2.39. The van der Waals surface area contributed by atoms with E-state index < -0.39 is 0 Å². The Balaban J connectivity index is 1.45. The highest BCUT2D eigenvalue weighted by atomic mass is 16.2. The molecule has 5 rings (SSSR count). The van der Waals surface area contributed by atoms with Crippen LogP contribution in [-0.4, -0.2) is 67.3 Å². The number of hydrogen-bond donors (Lipinski definition) is 1. The van der Waals surface area contributed by atoms with Crippen molar-refractivity contribution in [1.82, 2.24) is 29.3 Å². The number of likely N-dealkylation sites (tertiary alicyclic amines) is 1. The van der Waals surface area contributed by atoms with Crippen LogP contribution in [0.5, 0.6) is 0 Å². The number of anilines is 1. The normalized spacial score (nSPS) is 13.4. The van der Waals surface area contributed by atoms with Gasteiger partial charge in [-0.25, -0.2) is 15.0 Å². The number of nitrogens with zero attached hydrogens (tertiary/aromatic N) is 6.